The van der Waals surface area contributed by atoms with Gasteiger partial charge in [0.2, 0.25) is 11.8 Å². The Morgan fingerprint density at radius 3 is 1.69 bits per heavy atom. The molecule has 3 aliphatic rings. The van der Waals surface area contributed by atoms with Gasteiger partial charge in [0.25, 0.3) is 0 Å². The topological polar surface area (TPSA) is 178 Å². The first-order valence-corrected chi connectivity index (χ1v) is 23.5. The molecule has 0 aliphatic carbocycles. The molecule has 3 saturated heterocycles. The van der Waals surface area contributed by atoms with Crippen LogP contribution in [0.3, 0.4) is 0 Å². The smallest absolute Gasteiger partial charge is 0.407 e. The highest BCUT2D eigenvalue weighted by Gasteiger charge is 2.42. The zero-order chi connectivity index (χ0) is 48.1. The summed E-state index contributed by atoms with van der Waals surface area (Å²) in [5, 5.41) is 5.34. The lowest BCUT2D eigenvalue weighted by atomic mass is 9.87. The number of hydrogen-bond acceptors (Lipinski definition) is 9. The molecule has 4 amide bonds. The first-order valence-electron chi connectivity index (χ1n) is 23.5. The first kappa shape index (κ1) is 47.2. The molecule has 6 atom stereocenters. The standard InChI is InChI=1S/C50H63F2N9O6/c1-26(2)40(57-48(64)66-8)46(62)59-24-10-12-36(59)44-53-32-20-18-30(38(51)42(32)55-44)34-22-23-35(61(34)29-16-14-28(15-17-29)50(5,6)7)31-19-21-33-43(39(31)52)56-45(54-33)37-13-11-25-60(37)47(63)41(27(3)4)58-49(65)67-9/h14-21,26-27,34-37,40-41H,10-13,22-25H2,1-9H3,(H,53,55)(H,54,56)(H,57,64)(H,58,65)/t34-,35-,36+,37+,40+,41+/m1/s1. The van der Waals surface area contributed by atoms with Crippen molar-refractivity contribution in [2.45, 2.75) is 129 Å². The van der Waals surface area contributed by atoms with Crippen LogP contribution in [0.15, 0.2) is 48.5 Å². The van der Waals surface area contributed by atoms with Crippen molar-refractivity contribution in [3.8, 4) is 0 Å². The molecule has 5 aromatic rings. The molecular weight excluding hydrogens is 861 g/mol. The number of carbonyl (C=O) groups excluding carboxylic acids is 4. The predicted molar refractivity (Wildman–Crippen MR) is 250 cm³/mol. The molecule has 0 bridgehead atoms. The minimum Gasteiger partial charge on any atom is -0.453 e. The van der Waals surface area contributed by atoms with Crippen molar-refractivity contribution < 1.29 is 37.4 Å². The highest BCUT2D eigenvalue weighted by molar-refractivity contribution is 5.88. The molecule has 3 fully saturated rings. The summed E-state index contributed by atoms with van der Waals surface area (Å²) >= 11 is 0. The number of hydrogen-bond donors (Lipinski definition) is 4. The third kappa shape index (κ3) is 9.00. The molecule has 0 spiro atoms. The lowest BCUT2D eigenvalue weighted by molar-refractivity contribution is -0.136. The number of benzene rings is 3. The minimum absolute atomic E-state index is 0.118. The van der Waals surface area contributed by atoms with E-state index in [2.05, 4.69) is 58.4 Å². The van der Waals surface area contributed by atoms with E-state index < -0.39 is 60.1 Å². The van der Waals surface area contributed by atoms with Gasteiger partial charge in [0.15, 0.2) is 11.6 Å². The molecule has 3 aromatic carbocycles. The first-order chi connectivity index (χ1) is 31.9. The maximum absolute atomic E-state index is 17.3. The summed E-state index contributed by atoms with van der Waals surface area (Å²) in [7, 11) is 2.51. The SMILES string of the molecule is COC(=O)N[C@H](C(=O)N1CCC[C@H]1c1nc2c(F)c([C@H]3CC[C@H](c4ccc5nc([C@@H]6CCCN6C(=O)[C@@H](NC(=O)OC)C(C)C)[nH]c5c4F)N3c3ccc(C(C)(C)C)cc3)ccc2[nH]1)C(C)C. The molecule has 17 heteroatoms. The number of imidazole rings is 2. The largest absolute Gasteiger partial charge is 0.453 e. The Morgan fingerprint density at radius 2 is 1.18 bits per heavy atom. The second kappa shape index (κ2) is 18.8. The molecule has 0 saturated carbocycles. The average Bonchev–Trinajstić information content (AvgIpc) is 4.15. The van der Waals surface area contributed by atoms with Gasteiger partial charge in [0.05, 0.1) is 49.4 Å². The molecule has 4 N–H and O–H groups in total. The molecular formula is C50H63F2N9O6. The van der Waals surface area contributed by atoms with Crippen LogP contribution in [0.1, 0.15) is 139 Å². The van der Waals surface area contributed by atoms with Crippen LogP contribution in [0.4, 0.5) is 24.1 Å². The number of nitrogens with one attached hydrogen (secondary N) is 4. The predicted octanol–water partition coefficient (Wildman–Crippen LogP) is 9.19. The summed E-state index contributed by atoms with van der Waals surface area (Å²) in [6, 6.07) is 11.8. The molecule has 67 heavy (non-hydrogen) atoms. The van der Waals surface area contributed by atoms with Crippen molar-refractivity contribution in [1.82, 2.24) is 40.4 Å². The quantitative estimate of drug-likeness (QED) is 0.101. The van der Waals surface area contributed by atoms with E-state index in [-0.39, 0.29) is 40.1 Å². The Morgan fingerprint density at radius 1 is 0.672 bits per heavy atom. The van der Waals surface area contributed by atoms with Gasteiger partial charge in [-0.25, -0.2) is 28.3 Å². The van der Waals surface area contributed by atoms with Crippen LogP contribution in [0.25, 0.3) is 22.1 Å². The van der Waals surface area contributed by atoms with Crippen LogP contribution in [-0.2, 0) is 24.5 Å². The van der Waals surface area contributed by atoms with Crippen molar-refractivity contribution in [2.75, 3.05) is 32.2 Å². The van der Waals surface area contributed by atoms with Crippen LogP contribution in [0, 0.1) is 23.5 Å². The normalized spacial score (nSPS) is 20.9. The molecule has 0 unspecified atom stereocenters. The number of ether oxygens (including phenoxy) is 2. The van der Waals surface area contributed by atoms with Crippen LogP contribution < -0.4 is 15.5 Å². The van der Waals surface area contributed by atoms with Gasteiger partial charge >= 0.3 is 12.2 Å². The van der Waals surface area contributed by atoms with E-state index in [9.17, 15) is 19.2 Å². The fourth-order valence-corrected chi connectivity index (χ4v) is 10.3. The summed E-state index contributed by atoms with van der Waals surface area (Å²) in [5.41, 5.74) is 3.97. The summed E-state index contributed by atoms with van der Waals surface area (Å²) in [6.07, 6.45) is 2.31. The number of amides is 4. The van der Waals surface area contributed by atoms with Crippen molar-refractivity contribution in [1.29, 1.82) is 0 Å². The lowest BCUT2D eigenvalue weighted by Gasteiger charge is -2.34. The lowest BCUT2D eigenvalue weighted by Crippen LogP contribution is -2.51. The van der Waals surface area contributed by atoms with Crippen LogP contribution >= 0.6 is 0 Å². The average molecular weight is 924 g/mol. The number of H-pyrrole nitrogens is 2. The Bertz CT molecular complexity index is 2510. The Kier molecular flexibility index (Phi) is 13.2. The molecule has 8 rings (SSSR count). The van der Waals surface area contributed by atoms with Crippen molar-refractivity contribution in [3.63, 3.8) is 0 Å². The van der Waals surface area contributed by atoms with E-state index in [4.69, 9.17) is 19.4 Å². The number of nitrogens with zero attached hydrogens (tertiary/aromatic N) is 5. The number of aromatic amines is 2. The highest BCUT2D eigenvalue weighted by Crippen LogP contribution is 2.49. The number of alkyl carbamates (subject to hydrolysis) is 2. The van der Waals surface area contributed by atoms with Gasteiger partial charge in [-0.1, -0.05) is 72.7 Å². The van der Waals surface area contributed by atoms with Crippen LogP contribution in [0.2, 0.25) is 0 Å². The van der Waals surface area contributed by atoms with E-state index in [1.165, 1.54) is 14.2 Å². The van der Waals surface area contributed by atoms with Crippen LogP contribution in [-0.4, -0.2) is 93.1 Å². The van der Waals surface area contributed by atoms with Crippen molar-refractivity contribution >= 4 is 51.8 Å². The monoisotopic (exact) mass is 923 g/mol. The van der Waals surface area contributed by atoms with Gasteiger partial charge in [-0.05, 0) is 85.6 Å². The minimum atomic E-state index is -0.811. The number of likely N-dealkylation sites (tertiary alicyclic amines) is 2. The number of fused-ring (bicyclic) bond motifs is 2. The maximum Gasteiger partial charge on any atom is 0.407 e. The highest BCUT2D eigenvalue weighted by atomic mass is 19.1. The summed E-state index contributed by atoms with van der Waals surface area (Å²) < 4.78 is 44.1. The van der Waals surface area contributed by atoms with Crippen LogP contribution in [0.5, 0.6) is 0 Å². The van der Waals surface area contributed by atoms with E-state index in [1.54, 1.807) is 28.0 Å². The maximum atomic E-state index is 17.3. The van der Waals surface area contributed by atoms with Gasteiger partial charge in [0.1, 0.15) is 34.8 Å². The molecule has 15 nitrogen and oxygen atoms in total. The summed E-state index contributed by atoms with van der Waals surface area (Å²) in [5.74, 6) is -0.955. The van der Waals surface area contributed by atoms with Crippen molar-refractivity contribution in [2.24, 2.45) is 11.8 Å². The van der Waals surface area contributed by atoms with Gasteiger partial charge in [-0.2, -0.15) is 0 Å². The number of aromatic nitrogens is 4. The number of rotatable bonds is 11. The molecule has 2 aromatic heterocycles. The Hall–Kier alpha value is -6.26. The molecule has 3 aliphatic heterocycles. The number of anilines is 1. The van der Waals surface area contributed by atoms with E-state index >= 15 is 8.78 Å². The molecule has 0 radical (unpaired) electrons. The van der Waals surface area contributed by atoms with E-state index in [0.717, 1.165) is 11.3 Å². The summed E-state index contributed by atoms with van der Waals surface area (Å²) in [4.78, 5) is 73.8. The fourth-order valence-electron chi connectivity index (χ4n) is 10.3. The third-order valence-electron chi connectivity index (χ3n) is 13.9. The van der Waals surface area contributed by atoms with Crippen molar-refractivity contribution in [3.05, 3.63) is 88.5 Å². The number of halogens is 2. The number of methoxy groups -OCH3 is 2. The number of carbonyl (C=O) groups is 4. The fraction of sp³-hybridized carbons (Fsp3) is 0.520. The zero-order valence-electron chi connectivity index (χ0n) is 39.8. The Balaban J connectivity index is 1.12. The van der Waals surface area contributed by atoms with Gasteiger partial charge in [0, 0.05) is 29.9 Å². The molecule has 5 heterocycles. The molecule has 358 valence electrons. The Labute approximate surface area is 389 Å². The van der Waals surface area contributed by atoms with E-state index in [1.807, 2.05) is 45.9 Å². The second-order valence-electron chi connectivity index (χ2n) is 19.9. The second-order valence-corrected chi connectivity index (χ2v) is 19.9. The van der Waals surface area contributed by atoms with Gasteiger partial charge in [-0.15, -0.1) is 0 Å². The van der Waals surface area contributed by atoms with Gasteiger partial charge < -0.3 is 44.8 Å². The van der Waals surface area contributed by atoms with E-state index in [0.29, 0.717) is 85.4 Å². The third-order valence-corrected chi connectivity index (χ3v) is 13.9. The zero-order valence-corrected chi connectivity index (χ0v) is 39.8. The van der Waals surface area contributed by atoms with Gasteiger partial charge in [-0.3, -0.25) is 9.59 Å². The summed E-state index contributed by atoms with van der Waals surface area (Å²) in [6.45, 7) is 14.7.